The van der Waals surface area contributed by atoms with E-state index in [1.54, 1.807) is 23.5 Å². The van der Waals surface area contributed by atoms with Crippen LogP contribution in [0.25, 0.3) is 10.1 Å². The van der Waals surface area contributed by atoms with Crippen LogP contribution in [0.4, 0.5) is 17.1 Å². The molecule has 3 N–H and O–H groups in total. The Bertz CT molecular complexity index is 783. The van der Waals surface area contributed by atoms with Crippen LogP contribution in [0.5, 0.6) is 0 Å². The van der Waals surface area contributed by atoms with Crippen LogP contribution in [0.1, 0.15) is 5.56 Å². The van der Waals surface area contributed by atoms with Gasteiger partial charge in [-0.3, -0.25) is 0 Å². The molecule has 19 heavy (non-hydrogen) atoms. The van der Waals surface area contributed by atoms with E-state index in [1.807, 2.05) is 12.1 Å². The SMILES string of the molecule is N#Cc1cc(Nc2ccc3sccc3c2)ccc1N. The van der Waals surface area contributed by atoms with E-state index in [1.165, 1.54) is 10.1 Å². The lowest BCUT2D eigenvalue weighted by Crippen LogP contribution is -1.94. The molecule has 0 saturated carbocycles. The van der Waals surface area contributed by atoms with Crippen LogP contribution >= 0.6 is 11.3 Å². The van der Waals surface area contributed by atoms with Gasteiger partial charge in [-0.25, -0.2) is 0 Å². The molecular formula is C15H11N3S. The van der Waals surface area contributed by atoms with E-state index >= 15 is 0 Å². The van der Waals surface area contributed by atoms with Gasteiger partial charge in [-0.2, -0.15) is 5.26 Å². The maximum Gasteiger partial charge on any atom is 0.101 e. The Morgan fingerprint density at radius 3 is 2.68 bits per heavy atom. The van der Waals surface area contributed by atoms with Gasteiger partial charge in [0.05, 0.1) is 5.56 Å². The van der Waals surface area contributed by atoms with Gasteiger partial charge in [-0.05, 0) is 53.2 Å². The van der Waals surface area contributed by atoms with Crippen molar-refractivity contribution in [3.63, 3.8) is 0 Å². The van der Waals surface area contributed by atoms with E-state index in [4.69, 9.17) is 11.0 Å². The zero-order valence-electron chi connectivity index (χ0n) is 10.1. The summed E-state index contributed by atoms with van der Waals surface area (Å²) in [6.45, 7) is 0. The van der Waals surface area contributed by atoms with E-state index < -0.39 is 0 Å². The molecule has 0 aliphatic carbocycles. The average Bonchev–Trinajstić information content (AvgIpc) is 2.88. The number of thiophene rings is 1. The van der Waals surface area contributed by atoms with Crippen molar-refractivity contribution in [3.8, 4) is 6.07 Å². The third-order valence-corrected chi connectivity index (χ3v) is 3.81. The molecule has 3 rings (SSSR count). The number of hydrogen-bond acceptors (Lipinski definition) is 4. The lowest BCUT2D eigenvalue weighted by atomic mass is 10.1. The number of nitriles is 1. The van der Waals surface area contributed by atoms with Gasteiger partial charge in [0.15, 0.2) is 0 Å². The molecule has 0 saturated heterocycles. The van der Waals surface area contributed by atoms with Crippen molar-refractivity contribution < 1.29 is 0 Å². The molecule has 0 atom stereocenters. The van der Waals surface area contributed by atoms with Crippen LogP contribution in [0.2, 0.25) is 0 Å². The van der Waals surface area contributed by atoms with Gasteiger partial charge in [0.1, 0.15) is 6.07 Å². The fourth-order valence-electron chi connectivity index (χ4n) is 1.94. The summed E-state index contributed by atoms with van der Waals surface area (Å²) in [6, 6.07) is 15.8. The Morgan fingerprint density at radius 1 is 1.05 bits per heavy atom. The smallest absolute Gasteiger partial charge is 0.101 e. The Morgan fingerprint density at radius 2 is 1.84 bits per heavy atom. The van der Waals surface area contributed by atoms with Gasteiger partial charge >= 0.3 is 0 Å². The van der Waals surface area contributed by atoms with Crippen molar-refractivity contribution in [2.75, 3.05) is 11.1 Å². The molecule has 3 aromatic rings. The molecule has 0 amide bonds. The van der Waals surface area contributed by atoms with Crippen LogP contribution < -0.4 is 11.1 Å². The minimum absolute atomic E-state index is 0.488. The Labute approximate surface area is 114 Å². The number of hydrogen-bond donors (Lipinski definition) is 2. The highest BCUT2D eigenvalue weighted by Crippen LogP contribution is 2.26. The molecule has 0 bridgehead atoms. The number of nitrogen functional groups attached to an aromatic ring is 1. The topological polar surface area (TPSA) is 61.8 Å². The first kappa shape index (κ1) is 11.6. The largest absolute Gasteiger partial charge is 0.398 e. The van der Waals surface area contributed by atoms with Gasteiger partial charge < -0.3 is 11.1 Å². The molecule has 0 unspecified atom stereocenters. The second kappa shape index (κ2) is 4.63. The summed E-state index contributed by atoms with van der Waals surface area (Å²) in [5.41, 5.74) is 8.55. The molecular weight excluding hydrogens is 254 g/mol. The lowest BCUT2D eigenvalue weighted by Gasteiger charge is -2.08. The minimum atomic E-state index is 0.488. The fraction of sp³-hybridized carbons (Fsp3) is 0. The minimum Gasteiger partial charge on any atom is -0.398 e. The number of anilines is 3. The van der Waals surface area contributed by atoms with Gasteiger partial charge in [-0.15, -0.1) is 11.3 Å². The number of benzene rings is 2. The van der Waals surface area contributed by atoms with E-state index in [0.29, 0.717) is 11.3 Å². The molecule has 0 aliphatic rings. The first-order valence-electron chi connectivity index (χ1n) is 5.80. The van der Waals surface area contributed by atoms with Crippen molar-refractivity contribution in [1.82, 2.24) is 0 Å². The zero-order chi connectivity index (χ0) is 13.2. The Kier molecular flexibility index (Phi) is 2.82. The first-order valence-corrected chi connectivity index (χ1v) is 6.68. The molecule has 4 heteroatoms. The molecule has 92 valence electrons. The second-order valence-electron chi connectivity index (χ2n) is 4.21. The van der Waals surface area contributed by atoms with Gasteiger partial charge in [-0.1, -0.05) is 0 Å². The van der Waals surface area contributed by atoms with Crippen molar-refractivity contribution in [2.45, 2.75) is 0 Å². The summed E-state index contributed by atoms with van der Waals surface area (Å²) < 4.78 is 1.26. The quantitative estimate of drug-likeness (QED) is 0.686. The summed E-state index contributed by atoms with van der Waals surface area (Å²) in [7, 11) is 0. The summed E-state index contributed by atoms with van der Waals surface area (Å²) in [5.74, 6) is 0. The maximum absolute atomic E-state index is 8.97. The van der Waals surface area contributed by atoms with Crippen LogP contribution in [0.3, 0.4) is 0 Å². The highest BCUT2D eigenvalue weighted by Gasteiger charge is 2.02. The highest BCUT2D eigenvalue weighted by atomic mass is 32.1. The monoisotopic (exact) mass is 265 g/mol. The third kappa shape index (κ3) is 2.24. The van der Waals surface area contributed by atoms with Crippen LogP contribution in [-0.2, 0) is 0 Å². The molecule has 0 aliphatic heterocycles. The second-order valence-corrected chi connectivity index (χ2v) is 5.16. The van der Waals surface area contributed by atoms with E-state index in [-0.39, 0.29) is 0 Å². The number of nitrogens with two attached hydrogens (primary N) is 1. The molecule has 2 aromatic carbocycles. The predicted molar refractivity (Wildman–Crippen MR) is 80.7 cm³/mol. The molecule has 0 fully saturated rings. The number of nitrogens with zero attached hydrogens (tertiary/aromatic N) is 1. The number of nitrogens with one attached hydrogen (secondary N) is 1. The highest BCUT2D eigenvalue weighted by molar-refractivity contribution is 7.17. The first-order chi connectivity index (χ1) is 9.26. The Balaban J connectivity index is 1.94. The molecule has 0 spiro atoms. The van der Waals surface area contributed by atoms with Crippen molar-refractivity contribution >= 4 is 38.5 Å². The van der Waals surface area contributed by atoms with Crippen molar-refractivity contribution in [3.05, 3.63) is 53.4 Å². The van der Waals surface area contributed by atoms with E-state index in [2.05, 4.69) is 35.0 Å². The molecule has 0 radical (unpaired) electrons. The van der Waals surface area contributed by atoms with Crippen LogP contribution in [0.15, 0.2) is 47.8 Å². The fourth-order valence-corrected chi connectivity index (χ4v) is 2.71. The van der Waals surface area contributed by atoms with Crippen molar-refractivity contribution in [2.24, 2.45) is 0 Å². The summed E-state index contributed by atoms with van der Waals surface area (Å²) >= 11 is 1.72. The Hall–Kier alpha value is -2.51. The number of fused-ring (bicyclic) bond motifs is 1. The van der Waals surface area contributed by atoms with Gasteiger partial charge in [0.25, 0.3) is 0 Å². The molecule has 3 nitrogen and oxygen atoms in total. The van der Waals surface area contributed by atoms with Gasteiger partial charge in [0.2, 0.25) is 0 Å². The van der Waals surface area contributed by atoms with E-state index in [9.17, 15) is 0 Å². The normalized spacial score (nSPS) is 10.3. The predicted octanol–water partition coefficient (Wildman–Crippen LogP) is 4.10. The third-order valence-electron chi connectivity index (χ3n) is 2.91. The summed E-state index contributed by atoms with van der Waals surface area (Å²) in [6.07, 6.45) is 0. The lowest BCUT2D eigenvalue weighted by molar-refractivity contribution is 1.47. The van der Waals surface area contributed by atoms with Crippen LogP contribution in [0, 0.1) is 11.3 Å². The van der Waals surface area contributed by atoms with Crippen LogP contribution in [-0.4, -0.2) is 0 Å². The molecule has 1 aromatic heterocycles. The standard InChI is InChI=1S/C15H11N3S/c16-9-11-8-12(1-3-14(11)17)18-13-2-4-15-10(7-13)5-6-19-15/h1-8,18H,17H2. The zero-order valence-corrected chi connectivity index (χ0v) is 10.9. The molecule has 1 heterocycles. The van der Waals surface area contributed by atoms with Crippen molar-refractivity contribution in [1.29, 1.82) is 5.26 Å². The summed E-state index contributed by atoms with van der Waals surface area (Å²) in [5, 5.41) is 15.5. The summed E-state index contributed by atoms with van der Waals surface area (Å²) in [4.78, 5) is 0. The maximum atomic E-state index is 8.97. The average molecular weight is 265 g/mol. The number of rotatable bonds is 2. The van der Waals surface area contributed by atoms with Gasteiger partial charge in [0, 0.05) is 21.8 Å². The van der Waals surface area contributed by atoms with E-state index in [0.717, 1.165) is 11.4 Å².